The third kappa shape index (κ3) is 6.49. The van der Waals surface area contributed by atoms with Crippen LogP contribution in [0.15, 0.2) is 60.7 Å². The number of aliphatic carboxylic acids is 1. The van der Waals surface area contributed by atoms with Gasteiger partial charge < -0.3 is 15.1 Å². The Morgan fingerprint density at radius 3 is 1.79 bits per heavy atom. The molecule has 148 valence electrons. The van der Waals surface area contributed by atoms with Gasteiger partial charge in [0.05, 0.1) is 6.42 Å². The molecule has 2 amide bonds. The van der Waals surface area contributed by atoms with Gasteiger partial charge in [0, 0.05) is 13.1 Å². The molecule has 0 aliphatic heterocycles. The monoisotopic (exact) mass is 385 g/mol. The maximum Gasteiger partial charge on any atom is 0.324 e. The van der Waals surface area contributed by atoms with Gasteiger partial charge in [0.2, 0.25) is 5.91 Å². The minimum absolute atomic E-state index is 0.251. The maximum atomic E-state index is 12.8. The number of carbonyl (C=O) groups excluding carboxylic acids is 2. The Morgan fingerprint density at radius 2 is 1.36 bits per heavy atom. The highest BCUT2D eigenvalue weighted by atomic mass is 16.4. The summed E-state index contributed by atoms with van der Waals surface area (Å²) in [7, 11) is 0. The van der Waals surface area contributed by atoms with Crippen LogP contribution in [0.2, 0.25) is 0 Å². The van der Waals surface area contributed by atoms with E-state index >= 15 is 0 Å². The molecule has 4 N–H and O–H groups in total. The normalized spacial score (nSPS) is 11.5. The van der Waals surface area contributed by atoms with E-state index in [-0.39, 0.29) is 13.1 Å². The number of carbonyl (C=O) groups is 3. The number of hydrogen-bond acceptors (Lipinski definition) is 5. The van der Waals surface area contributed by atoms with Gasteiger partial charge in [0.15, 0.2) is 0 Å². The van der Waals surface area contributed by atoms with Crippen molar-refractivity contribution < 1.29 is 24.6 Å². The van der Waals surface area contributed by atoms with E-state index in [2.05, 4.69) is 0 Å². The first-order chi connectivity index (χ1) is 13.4. The smallest absolute Gasteiger partial charge is 0.324 e. The maximum absolute atomic E-state index is 12.8. The summed E-state index contributed by atoms with van der Waals surface area (Å²) in [6, 6.07) is 18.5. The number of aliphatic hydroxyl groups excluding tert-OH is 1. The molecule has 0 heterocycles. The Morgan fingerprint density at radius 1 is 0.893 bits per heavy atom. The van der Waals surface area contributed by atoms with Gasteiger partial charge in [-0.1, -0.05) is 60.7 Å². The summed E-state index contributed by atoms with van der Waals surface area (Å²) in [6.07, 6.45) is -2.22. The highest BCUT2D eigenvalue weighted by Crippen LogP contribution is 2.13. The van der Waals surface area contributed by atoms with Crippen LogP contribution in [-0.4, -0.2) is 50.6 Å². The number of carboxylic acids is 1. The van der Waals surface area contributed by atoms with Crippen molar-refractivity contribution in [1.29, 1.82) is 0 Å². The third-order valence-electron chi connectivity index (χ3n) is 4.02. The predicted octanol–water partition coefficient (Wildman–Crippen LogP) is 0.753. The summed E-state index contributed by atoms with van der Waals surface area (Å²) in [5.41, 5.74) is 1.74. The van der Waals surface area contributed by atoms with Crippen molar-refractivity contribution in [2.75, 3.05) is 6.54 Å². The summed E-state index contributed by atoms with van der Waals surface area (Å²) < 4.78 is 0. The number of aliphatic hydroxyl groups is 1. The lowest BCUT2D eigenvalue weighted by atomic mass is 10.1. The van der Waals surface area contributed by atoms with Crippen LogP contribution in [0, 0.1) is 0 Å². The van der Waals surface area contributed by atoms with E-state index in [1.165, 1.54) is 4.90 Å². The van der Waals surface area contributed by atoms with Crippen molar-refractivity contribution >= 4 is 17.8 Å². The van der Waals surface area contributed by atoms with Crippen molar-refractivity contribution in [2.45, 2.75) is 25.6 Å². The van der Waals surface area contributed by atoms with Gasteiger partial charge >= 0.3 is 5.97 Å². The number of hydrazine groups is 1. The van der Waals surface area contributed by atoms with Crippen molar-refractivity contribution in [3.63, 3.8) is 0 Å². The highest BCUT2D eigenvalue weighted by Gasteiger charge is 2.27. The summed E-state index contributed by atoms with van der Waals surface area (Å²) in [5, 5.41) is 19.4. The molecule has 8 nitrogen and oxygen atoms in total. The van der Waals surface area contributed by atoms with Crippen molar-refractivity contribution in [3.8, 4) is 0 Å². The highest BCUT2D eigenvalue weighted by molar-refractivity contribution is 5.88. The number of nitrogens with two attached hydrogens (primary N) is 1. The van der Waals surface area contributed by atoms with E-state index in [0.717, 1.165) is 11.1 Å². The number of amides is 2. The average molecular weight is 385 g/mol. The van der Waals surface area contributed by atoms with E-state index in [1.54, 1.807) is 0 Å². The van der Waals surface area contributed by atoms with Gasteiger partial charge in [0.1, 0.15) is 12.6 Å². The molecule has 0 aliphatic rings. The van der Waals surface area contributed by atoms with Crippen LogP contribution in [-0.2, 0) is 27.5 Å². The van der Waals surface area contributed by atoms with Gasteiger partial charge in [-0.2, -0.15) is 0 Å². The number of carboxylic acid groups (broad SMARTS) is 1. The molecule has 0 fully saturated rings. The van der Waals surface area contributed by atoms with E-state index in [1.807, 2.05) is 60.7 Å². The van der Waals surface area contributed by atoms with Gasteiger partial charge in [-0.15, -0.1) is 0 Å². The van der Waals surface area contributed by atoms with Crippen LogP contribution in [0.3, 0.4) is 0 Å². The molecule has 0 bridgehead atoms. The fourth-order valence-electron chi connectivity index (χ4n) is 2.63. The molecule has 0 aromatic heterocycles. The van der Waals surface area contributed by atoms with Crippen molar-refractivity contribution in [1.82, 2.24) is 9.91 Å². The second-order valence-electron chi connectivity index (χ2n) is 6.30. The Kier molecular flexibility index (Phi) is 7.67. The first kappa shape index (κ1) is 21.1. The standard InChI is InChI=1S/C20H23N3O5/c21-23(14-19(26)27)18(25)11-17(24)20(28)22(12-15-7-3-1-4-8-15)13-16-9-5-2-6-10-16/h1-10,17,24H,11-14,21H2,(H,26,27)/t17-/m0/s1. The van der Waals surface area contributed by atoms with Gasteiger partial charge in [-0.3, -0.25) is 19.4 Å². The lowest BCUT2D eigenvalue weighted by Crippen LogP contribution is -2.45. The lowest BCUT2D eigenvalue weighted by molar-refractivity contribution is -0.149. The molecule has 0 saturated heterocycles. The molecule has 28 heavy (non-hydrogen) atoms. The van der Waals surface area contributed by atoms with Crippen LogP contribution in [0.4, 0.5) is 0 Å². The fraction of sp³-hybridized carbons (Fsp3) is 0.250. The number of hydrogen-bond donors (Lipinski definition) is 3. The molecule has 1 atom stereocenters. The molecule has 2 aromatic carbocycles. The van der Waals surface area contributed by atoms with Crippen LogP contribution in [0.25, 0.3) is 0 Å². The Labute approximate surface area is 162 Å². The van der Waals surface area contributed by atoms with Crippen LogP contribution >= 0.6 is 0 Å². The van der Waals surface area contributed by atoms with E-state index < -0.39 is 36.9 Å². The summed E-state index contributed by atoms with van der Waals surface area (Å²) in [6.45, 7) is -0.208. The van der Waals surface area contributed by atoms with E-state index in [9.17, 15) is 19.5 Å². The summed E-state index contributed by atoms with van der Waals surface area (Å²) in [5.74, 6) is 2.61. The van der Waals surface area contributed by atoms with Crippen LogP contribution in [0.1, 0.15) is 17.5 Å². The molecule has 0 radical (unpaired) electrons. The first-order valence-electron chi connectivity index (χ1n) is 8.68. The van der Waals surface area contributed by atoms with Crippen molar-refractivity contribution in [3.05, 3.63) is 71.8 Å². The van der Waals surface area contributed by atoms with Gasteiger partial charge in [0.25, 0.3) is 5.91 Å². The van der Waals surface area contributed by atoms with E-state index in [0.29, 0.717) is 5.01 Å². The number of nitrogens with zero attached hydrogens (tertiary/aromatic N) is 2. The van der Waals surface area contributed by atoms with Gasteiger partial charge in [-0.25, -0.2) is 5.84 Å². The quantitative estimate of drug-likeness (QED) is 0.332. The first-order valence-corrected chi connectivity index (χ1v) is 8.68. The summed E-state index contributed by atoms with van der Waals surface area (Å²) in [4.78, 5) is 36.8. The Balaban J connectivity index is 2.10. The molecule has 8 heteroatoms. The fourth-order valence-corrected chi connectivity index (χ4v) is 2.63. The largest absolute Gasteiger partial charge is 0.480 e. The Hall–Kier alpha value is -3.23. The van der Waals surface area contributed by atoms with Crippen LogP contribution in [0.5, 0.6) is 0 Å². The molecule has 0 aliphatic carbocycles. The third-order valence-corrected chi connectivity index (χ3v) is 4.02. The predicted molar refractivity (Wildman–Crippen MR) is 101 cm³/mol. The summed E-state index contributed by atoms with van der Waals surface area (Å²) >= 11 is 0. The zero-order chi connectivity index (χ0) is 20.5. The molecule has 2 aromatic rings. The number of benzene rings is 2. The molecular weight excluding hydrogens is 362 g/mol. The number of rotatable bonds is 9. The van der Waals surface area contributed by atoms with Gasteiger partial charge in [-0.05, 0) is 11.1 Å². The Bertz CT molecular complexity index is 757. The minimum Gasteiger partial charge on any atom is -0.480 e. The van der Waals surface area contributed by atoms with E-state index in [4.69, 9.17) is 10.9 Å². The van der Waals surface area contributed by atoms with Crippen molar-refractivity contribution in [2.24, 2.45) is 5.84 Å². The molecule has 0 unspecified atom stereocenters. The van der Waals surface area contributed by atoms with Crippen LogP contribution < -0.4 is 5.84 Å². The molecule has 0 spiro atoms. The zero-order valence-corrected chi connectivity index (χ0v) is 15.3. The second-order valence-corrected chi connectivity index (χ2v) is 6.30. The lowest BCUT2D eigenvalue weighted by Gasteiger charge is -2.26. The molecular formula is C20H23N3O5. The zero-order valence-electron chi connectivity index (χ0n) is 15.3. The second kappa shape index (κ2) is 10.2. The molecule has 2 rings (SSSR count). The average Bonchev–Trinajstić information content (AvgIpc) is 2.68. The minimum atomic E-state index is -1.63. The SMILES string of the molecule is NN(CC(=O)O)C(=O)C[C@H](O)C(=O)N(Cc1ccccc1)Cc1ccccc1. The topological polar surface area (TPSA) is 124 Å². The molecule has 0 saturated carbocycles.